The molecule has 0 aromatic heterocycles. The van der Waals surface area contributed by atoms with E-state index in [4.69, 9.17) is 0 Å². The largest absolute Gasteiger partial charge is 0.481 e. The van der Waals surface area contributed by atoms with Gasteiger partial charge in [-0.15, -0.1) is 0 Å². The molecule has 5 fully saturated rings. The third kappa shape index (κ3) is 2.82. The molecule has 0 saturated heterocycles. The Bertz CT molecular complexity index is 864. The highest BCUT2D eigenvalue weighted by Crippen LogP contribution is 2.77. The smallest absolute Gasteiger partial charge is 0.309 e. The average molecular weight is 475 g/mol. The Morgan fingerprint density at radius 1 is 0.765 bits per heavy atom. The maximum Gasteiger partial charge on any atom is 0.309 e. The summed E-state index contributed by atoms with van der Waals surface area (Å²) in [5, 5.41) is 32.8. The number of carbonyl (C=O) groups is 1. The van der Waals surface area contributed by atoms with Gasteiger partial charge in [0.25, 0.3) is 0 Å². The minimum Gasteiger partial charge on any atom is -0.481 e. The third-order valence-corrected chi connectivity index (χ3v) is 14.1. The van der Waals surface area contributed by atoms with Crippen molar-refractivity contribution < 1.29 is 20.1 Å². The Kier molecular flexibility index (Phi) is 5.34. The van der Waals surface area contributed by atoms with E-state index in [1.807, 2.05) is 6.92 Å². The minimum atomic E-state index is -0.785. The number of fused-ring (bicyclic) bond motifs is 7. The van der Waals surface area contributed by atoms with E-state index >= 15 is 0 Å². The van der Waals surface area contributed by atoms with Crippen molar-refractivity contribution in [3.63, 3.8) is 0 Å². The summed E-state index contributed by atoms with van der Waals surface area (Å²) >= 11 is 0. The molecule has 0 bridgehead atoms. The van der Waals surface area contributed by atoms with Crippen LogP contribution in [0.1, 0.15) is 113 Å². The van der Waals surface area contributed by atoms with Crippen LogP contribution in [0.3, 0.4) is 0 Å². The van der Waals surface area contributed by atoms with Gasteiger partial charge < -0.3 is 15.3 Å². The summed E-state index contributed by atoms with van der Waals surface area (Å²) in [7, 11) is 0. The Hall–Kier alpha value is -0.610. The van der Waals surface area contributed by atoms with Gasteiger partial charge in [0, 0.05) is 0 Å². The van der Waals surface area contributed by atoms with Crippen LogP contribution >= 0.6 is 0 Å². The number of aliphatic carboxylic acids is 1. The molecule has 0 aliphatic heterocycles. The predicted octanol–water partition coefficient (Wildman–Crippen LogP) is 6.28. The molecule has 4 nitrogen and oxygen atoms in total. The molecule has 4 heteroatoms. The van der Waals surface area contributed by atoms with E-state index in [-0.39, 0.29) is 39.6 Å². The van der Waals surface area contributed by atoms with Crippen LogP contribution in [0.5, 0.6) is 0 Å². The van der Waals surface area contributed by atoms with E-state index < -0.39 is 17.0 Å². The first-order chi connectivity index (χ1) is 15.6. The Balaban J connectivity index is 1.57. The van der Waals surface area contributed by atoms with Crippen LogP contribution in [-0.4, -0.2) is 33.0 Å². The average Bonchev–Trinajstić information content (AvgIpc) is 2.74. The molecule has 0 radical (unpaired) electrons. The molecule has 5 rings (SSSR count). The number of hydrogen-bond acceptors (Lipinski definition) is 3. The molecule has 0 spiro atoms. The molecular formula is C30H50O4. The lowest BCUT2D eigenvalue weighted by molar-refractivity contribution is -0.265. The van der Waals surface area contributed by atoms with E-state index in [0.717, 1.165) is 44.9 Å². The third-order valence-electron chi connectivity index (χ3n) is 14.1. The van der Waals surface area contributed by atoms with Gasteiger partial charge in [-0.25, -0.2) is 0 Å². The number of carboxylic acid groups (broad SMARTS) is 1. The van der Waals surface area contributed by atoms with Crippen LogP contribution in [0.15, 0.2) is 0 Å². The van der Waals surface area contributed by atoms with Crippen molar-refractivity contribution in [1.82, 2.24) is 0 Å². The molecule has 0 amide bonds. The number of hydrogen-bond donors (Lipinski definition) is 3. The molecule has 5 aliphatic carbocycles. The van der Waals surface area contributed by atoms with Crippen molar-refractivity contribution in [2.24, 2.45) is 56.7 Å². The summed E-state index contributed by atoms with van der Waals surface area (Å²) in [6.45, 7) is 16.3. The van der Waals surface area contributed by atoms with Gasteiger partial charge in [0.1, 0.15) is 0 Å². The normalized spacial score (nSPS) is 58.6. The van der Waals surface area contributed by atoms with Crippen molar-refractivity contribution in [2.75, 3.05) is 0 Å². The van der Waals surface area contributed by atoms with Crippen LogP contribution in [0.2, 0.25) is 0 Å². The fourth-order valence-electron chi connectivity index (χ4n) is 11.6. The van der Waals surface area contributed by atoms with E-state index in [2.05, 4.69) is 41.5 Å². The van der Waals surface area contributed by atoms with Gasteiger partial charge in [0.15, 0.2) is 0 Å². The van der Waals surface area contributed by atoms with Crippen LogP contribution in [0, 0.1) is 56.7 Å². The SMILES string of the molecule is C[C@H]1[C@@H]2[C@H]3CC[C@@H]4[C@@]5(C)CC[C@H](O)C(C)(C)[C@@H]5CC[C@@]4(C)[C@]3(C)CC[C@@]2(C(=O)O)CC[C@@]1(C)O. The summed E-state index contributed by atoms with van der Waals surface area (Å²) in [6, 6.07) is 0. The van der Waals surface area contributed by atoms with Crippen molar-refractivity contribution in [3.05, 3.63) is 0 Å². The fourth-order valence-corrected chi connectivity index (χ4v) is 11.6. The van der Waals surface area contributed by atoms with Crippen molar-refractivity contribution >= 4 is 5.97 Å². The Morgan fingerprint density at radius 3 is 2.06 bits per heavy atom. The molecule has 0 heterocycles. The highest BCUT2D eigenvalue weighted by molar-refractivity contribution is 5.76. The van der Waals surface area contributed by atoms with Gasteiger partial charge in [-0.2, -0.15) is 0 Å². The lowest BCUT2D eigenvalue weighted by Crippen LogP contribution is -2.69. The Morgan fingerprint density at radius 2 is 1.41 bits per heavy atom. The highest BCUT2D eigenvalue weighted by atomic mass is 16.4. The molecular weight excluding hydrogens is 424 g/mol. The zero-order valence-corrected chi connectivity index (χ0v) is 22.8. The first-order valence-electron chi connectivity index (χ1n) is 14.2. The Labute approximate surface area is 207 Å². The van der Waals surface area contributed by atoms with E-state index in [1.54, 1.807) is 0 Å². The fraction of sp³-hybridized carbons (Fsp3) is 0.967. The molecule has 0 aromatic rings. The van der Waals surface area contributed by atoms with Gasteiger partial charge in [-0.05, 0) is 122 Å². The van der Waals surface area contributed by atoms with Crippen molar-refractivity contribution in [2.45, 2.75) is 124 Å². The molecule has 5 saturated carbocycles. The molecule has 194 valence electrons. The maximum absolute atomic E-state index is 12.8. The zero-order chi connectivity index (χ0) is 25.1. The predicted molar refractivity (Wildman–Crippen MR) is 134 cm³/mol. The zero-order valence-electron chi connectivity index (χ0n) is 22.8. The summed E-state index contributed by atoms with van der Waals surface area (Å²) in [4.78, 5) is 12.8. The summed E-state index contributed by atoms with van der Waals surface area (Å²) < 4.78 is 0. The van der Waals surface area contributed by atoms with Crippen LogP contribution < -0.4 is 0 Å². The van der Waals surface area contributed by atoms with Crippen LogP contribution in [0.25, 0.3) is 0 Å². The van der Waals surface area contributed by atoms with E-state index in [9.17, 15) is 20.1 Å². The number of rotatable bonds is 1. The van der Waals surface area contributed by atoms with E-state index in [0.29, 0.717) is 30.6 Å². The highest BCUT2D eigenvalue weighted by Gasteiger charge is 2.72. The van der Waals surface area contributed by atoms with Crippen molar-refractivity contribution in [1.29, 1.82) is 0 Å². The topological polar surface area (TPSA) is 77.8 Å². The lowest BCUT2D eigenvalue weighted by Gasteiger charge is -2.73. The number of carboxylic acids is 1. The molecule has 34 heavy (non-hydrogen) atoms. The minimum absolute atomic E-state index is 0.00203. The van der Waals surface area contributed by atoms with Gasteiger partial charge in [-0.1, -0.05) is 41.5 Å². The van der Waals surface area contributed by atoms with Gasteiger partial charge in [-0.3, -0.25) is 4.79 Å². The second-order valence-corrected chi connectivity index (χ2v) is 15.2. The van der Waals surface area contributed by atoms with Gasteiger partial charge >= 0.3 is 5.97 Å². The van der Waals surface area contributed by atoms with Gasteiger partial charge in [0.05, 0.1) is 17.1 Å². The first kappa shape index (κ1) is 25.1. The number of aliphatic hydroxyl groups excluding tert-OH is 1. The van der Waals surface area contributed by atoms with Crippen LogP contribution in [-0.2, 0) is 4.79 Å². The second kappa shape index (κ2) is 7.24. The van der Waals surface area contributed by atoms with Crippen molar-refractivity contribution in [3.8, 4) is 0 Å². The van der Waals surface area contributed by atoms with Gasteiger partial charge in [0.2, 0.25) is 0 Å². The summed E-state index contributed by atoms with van der Waals surface area (Å²) in [6.07, 6.45) is 9.35. The maximum atomic E-state index is 12.8. The second-order valence-electron chi connectivity index (χ2n) is 15.2. The summed E-state index contributed by atoms with van der Waals surface area (Å²) in [5.41, 5.74) is -1.01. The molecule has 5 aliphatic rings. The molecule has 0 aromatic carbocycles. The van der Waals surface area contributed by atoms with Crippen LogP contribution in [0.4, 0.5) is 0 Å². The monoisotopic (exact) mass is 474 g/mol. The lowest BCUT2D eigenvalue weighted by atomic mass is 9.31. The molecule has 11 atom stereocenters. The van der Waals surface area contributed by atoms with E-state index in [1.165, 1.54) is 6.42 Å². The number of aliphatic hydroxyl groups is 2. The quantitative estimate of drug-likeness (QED) is 0.418. The molecule has 3 N–H and O–H groups in total. The molecule has 0 unspecified atom stereocenters. The first-order valence-corrected chi connectivity index (χ1v) is 14.2. The standard InChI is InChI=1S/C30H50O4/c1-18-23-19-8-9-21-26(4)12-11-22(31)25(2,3)20(26)10-13-28(21,6)27(19,5)14-16-30(23,24(32)33)17-15-29(18,7)34/h18-23,31,34H,8-17H2,1-7H3,(H,32,33)/t18-,19+,20-,21+,22-,23+,26-,27+,28+,29+,30+/m0/s1. The summed E-state index contributed by atoms with van der Waals surface area (Å²) in [5.74, 6) is 0.926.